The van der Waals surface area contributed by atoms with Gasteiger partial charge in [-0.05, 0) is 37.0 Å². The fraction of sp³-hybridized carbons (Fsp3) is 0.533. The third-order valence-corrected chi connectivity index (χ3v) is 2.87. The standard InChI is InChI=1S/C15H22O3/c1-14(2,3)10-7-8-12(18-6)11(9-10)13(16)15(4,5)17/h7-9,17H,1-6H3. The monoisotopic (exact) mass is 250 g/mol. The number of carbonyl (C=O) groups is 1. The van der Waals surface area contributed by atoms with Crippen LogP contribution in [0.4, 0.5) is 0 Å². The van der Waals surface area contributed by atoms with E-state index >= 15 is 0 Å². The summed E-state index contributed by atoms with van der Waals surface area (Å²) in [6.07, 6.45) is 0. The van der Waals surface area contributed by atoms with Crippen LogP contribution in [0.15, 0.2) is 18.2 Å². The molecule has 0 radical (unpaired) electrons. The Morgan fingerprint density at radius 1 is 1.17 bits per heavy atom. The minimum absolute atomic E-state index is 0.0547. The van der Waals surface area contributed by atoms with Gasteiger partial charge in [0.05, 0.1) is 12.7 Å². The Kier molecular flexibility index (Phi) is 3.86. The van der Waals surface area contributed by atoms with Crippen LogP contribution in [0.2, 0.25) is 0 Å². The molecule has 1 aromatic carbocycles. The van der Waals surface area contributed by atoms with Crippen LogP contribution in [0.5, 0.6) is 5.75 Å². The molecule has 0 atom stereocenters. The molecule has 1 rings (SSSR count). The predicted octanol–water partition coefficient (Wildman–Crippen LogP) is 2.95. The van der Waals surface area contributed by atoms with Crippen molar-refractivity contribution in [2.24, 2.45) is 0 Å². The van der Waals surface area contributed by atoms with Crippen molar-refractivity contribution in [3.8, 4) is 5.75 Å². The van der Waals surface area contributed by atoms with E-state index in [1.807, 2.05) is 6.07 Å². The van der Waals surface area contributed by atoms with Crippen molar-refractivity contribution in [2.75, 3.05) is 7.11 Å². The third-order valence-electron chi connectivity index (χ3n) is 2.87. The van der Waals surface area contributed by atoms with Crippen molar-refractivity contribution in [1.29, 1.82) is 0 Å². The molecule has 0 spiro atoms. The lowest BCUT2D eigenvalue weighted by Crippen LogP contribution is -2.31. The third kappa shape index (κ3) is 3.10. The lowest BCUT2D eigenvalue weighted by molar-refractivity contribution is 0.0484. The van der Waals surface area contributed by atoms with E-state index in [-0.39, 0.29) is 11.2 Å². The number of ketones is 1. The van der Waals surface area contributed by atoms with Gasteiger partial charge in [0.15, 0.2) is 5.78 Å². The molecule has 3 nitrogen and oxygen atoms in total. The molecule has 1 N–H and O–H groups in total. The normalized spacial score (nSPS) is 12.4. The van der Waals surface area contributed by atoms with Crippen molar-refractivity contribution in [2.45, 2.75) is 45.6 Å². The minimum atomic E-state index is -1.40. The number of ether oxygens (including phenoxy) is 1. The zero-order chi connectivity index (χ0) is 14.1. The Balaban J connectivity index is 3.36. The van der Waals surface area contributed by atoms with Gasteiger partial charge in [-0.15, -0.1) is 0 Å². The zero-order valence-corrected chi connectivity index (χ0v) is 12.0. The molecule has 3 heteroatoms. The Hall–Kier alpha value is -1.35. The molecule has 0 unspecified atom stereocenters. The quantitative estimate of drug-likeness (QED) is 0.839. The summed E-state index contributed by atoms with van der Waals surface area (Å²) in [5.41, 5.74) is 0.0124. The summed E-state index contributed by atoms with van der Waals surface area (Å²) in [4.78, 5) is 12.2. The first-order valence-corrected chi connectivity index (χ1v) is 6.03. The summed E-state index contributed by atoms with van der Waals surface area (Å²) in [5.74, 6) is 0.167. The van der Waals surface area contributed by atoms with Crippen LogP contribution in [0, 0.1) is 0 Å². The van der Waals surface area contributed by atoms with E-state index in [4.69, 9.17) is 4.74 Å². The molecule has 0 bridgehead atoms. The van der Waals surface area contributed by atoms with Crippen LogP contribution in [0.25, 0.3) is 0 Å². The van der Waals surface area contributed by atoms with E-state index in [1.165, 1.54) is 21.0 Å². The van der Waals surface area contributed by atoms with Gasteiger partial charge in [-0.3, -0.25) is 4.79 Å². The fourth-order valence-electron chi connectivity index (χ4n) is 1.68. The molecule has 0 aromatic heterocycles. The lowest BCUT2D eigenvalue weighted by atomic mass is 9.84. The lowest BCUT2D eigenvalue weighted by Gasteiger charge is -2.23. The highest BCUT2D eigenvalue weighted by atomic mass is 16.5. The van der Waals surface area contributed by atoms with E-state index < -0.39 is 5.60 Å². The van der Waals surface area contributed by atoms with Gasteiger partial charge in [-0.2, -0.15) is 0 Å². The average molecular weight is 250 g/mol. The molecule has 18 heavy (non-hydrogen) atoms. The predicted molar refractivity (Wildman–Crippen MR) is 72.3 cm³/mol. The maximum absolute atomic E-state index is 12.2. The fourth-order valence-corrected chi connectivity index (χ4v) is 1.68. The maximum atomic E-state index is 12.2. The van der Waals surface area contributed by atoms with Crippen LogP contribution in [-0.2, 0) is 5.41 Å². The first kappa shape index (κ1) is 14.7. The smallest absolute Gasteiger partial charge is 0.197 e. The summed E-state index contributed by atoms with van der Waals surface area (Å²) in [7, 11) is 1.52. The zero-order valence-electron chi connectivity index (χ0n) is 12.0. The summed E-state index contributed by atoms with van der Waals surface area (Å²) in [5, 5.41) is 9.85. The molecule has 0 amide bonds. The summed E-state index contributed by atoms with van der Waals surface area (Å²) in [6, 6.07) is 5.53. The molecular weight excluding hydrogens is 228 g/mol. The second-order valence-electron chi connectivity index (χ2n) is 6.05. The topological polar surface area (TPSA) is 46.5 Å². The van der Waals surface area contributed by atoms with Gasteiger partial charge < -0.3 is 9.84 Å². The highest BCUT2D eigenvalue weighted by Crippen LogP contribution is 2.30. The van der Waals surface area contributed by atoms with Gasteiger partial charge in [0.25, 0.3) is 0 Å². The maximum Gasteiger partial charge on any atom is 0.197 e. The van der Waals surface area contributed by atoms with Crippen LogP contribution in [-0.4, -0.2) is 23.6 Å². The first-order chi connectivity index (χ1) is 8.07. The first-order valence-electron chi connectivity index (χ1n) is 6.03. The second kappa shape index (κ2) is 4.73. The van der Waals surface area contributed by atoms with Gasteiger partial charge in [0, 0.05) is 0 Å². The number of aliphatic hydroxyl groups is 1. The number of carbonyl (C=O) groups excluding carboxylic acids is 1. The number of hydrogen-bond donors (Lipinski definition) is 1. The van der Waals surface area contributed by atoms with Gasteiger partial charge in [0.1, 0.15) is 11.4 Å². The van der Waals surface area contributed by atoms with Crippen molar-refractivity contribution >= 4 is 5.78 Å². The number of hydrogen-bond acceptors (Lipinski definition) is 3. The van der Waals surface area contributed by atoms with E-state index in [0.717, 1.165) is 5.56 Å². The minimum Gasteiger partial charge on any atom is -0.496 e. The molecule has 0 saturated carbocycles. The number of Topliss-reactive ketones (excluding diaryl/α,β-unsaturated/α-hetero) is 1. The number of rotatable bonds is 3. The molecule has 0 fully saturated rings. The molecule has 0 saturated heterocycles. The number of benzene rings is 1. The molecule has 0 aliphatic heterocycles. The highest BCUT2D eigenvalue weighted by molar-refractivity contribution is 6.04. The van der Waals surface area contributed by atoms with E-state index in [2.05, 4.69) is 20.8 Å². The summed E-state index contributed by atoms with van der Waals surface area (Å²) in [6.45, 7) is 9.20. The highest BCUT2D eigenvalue weighted by Gasteiger charge is 2.29. The second-order valence-corrected chi connectivity index (χ2v) is 6.05. The van der Waals surface area contributed by atoms with E-state index in [0.29, 0.717) is 11.3 Å². The molecule has 1 aromatic rings. The molecule has 100 valence electrons. The van der Waals surface area contributed by atoms with Crippen LogP contribution >= 0.6 is 0 Å². The van der Waals surface area contributed by atoms with Gasteiger partial charge >= 0.3 is 0 Å². The van der Waals surface area contributed by atoms with Crippen molar-refractivity contribution in [3.05, 3.63) is 29.3 Å². The SMILES string of the molecule is COc1ccc(C(C)(C)C)cc1C(=O)C(C)(C)O. The van der Waals surface area contributed by atoms with Gasteiger partial charge in [-0.1, -0.05) is 26.8 Å². The van der Waals surface area contributed by atoms with Crippen LogP contribution in [0.1, 0.15) is 50.5 Å². The Bertz CT molecular complexity index is 448. The Morgan fingerprint density at radius 2 is 1.72 bits per heavy atom. The summed E-state index contributed by atoms with van der Waals surface area (Å²) < 4.78 is 5.20. The van der Waals surface area contributed by atoms with E-state index in [1.54, 1.807) is 12.1 Å². The Morgan fingerprint density at radius 3 is 2.11 bits per heavy atom. The molecular formula is C15H22O3. The van der Waals surface area contributed by atoms with E-state index in [9.17, 15) is 9.90 Å². The Labute approximate surface area is 109 Å². The van der Waals surface area contributed by atoms with Gasteiger partial charge in [-0.25, -0.2) is 0 Å². The van der Waals surface area contributed by atoms with Gasteiger partial charge in [0.2, 0.25) is 0 Å². The molecule has 0 heterocycles. The van der Waals surface area contributed by atoms with Crippen LogP contribution in [0.3, 0.4) is 0 Å². The average Bonchev–Trinajstić information content (AvgIpc) is 2.24. The van der Waals surface area contributed by atoms with Crippen LogP contribution < -0.4 is 4.74 Å². The largest absolute Gasteiger partial charge is 0.496 e. The van der Waals surface area contributed by atoms with Crippen molar-refractivity contribution in [1.82, 2.24) is 0 Å². The van der Waals surface area contributed by atoms with Crippen molar-refractivity contribution in [3.63, 3.8) is 0 Å². The van der Waals surface area contributed by atoms with Crippen molar-refractivity contribution < 1.29 is 14.6 Å². The molecule has 0 aliphatic carbocycles. The molecule has 0 aliphatic rings. The number of methoxy groups -OCH3 is 1. The summed E-state index contributed by atoms with van der Waals surface area (Å²) >= 11 is 0.